The molecule has 0 nitrogen and oxygen atoms in total. The first-order valence-electron chi connectivity index (χ1n) is 7.74. The zero-order chi connectivity index (χ0) is 14.5. The molecule has 1 saturated carbocycles. The molecule has 0 aliphatic heterocycles. The van der Waals surface area contributed by atoms with E-state index >= 15 is 0 Å². The first-order valence-corrected chi connectivity index (χ1v) is 7.74. The van der Waals surface area contributed by atoms with Crippen LogP contribution in [-0.2, 0) is 6.42 Å². The van der Waals surface area contributed by atoms with E-state index in [2.05, 4.69) is 6.92 Å². The lowest BCUT2D eigenvalue weighted by atomic mass is 9.78. The second-order valence-corrected chi connectivity index (χ2v) is 6.05. The third-order valence-electron chi connectivity index (χ3n) is 4.60. The third kappa shape index (κ3) is 3.77. The molecule has 0 unspecified atom stereocenters. The summed E-state index contributed by atoms with van der Waals surface area (Å²) in [5, 5.41) is 0. The maximum Gasteiger partial charge on any atom is 0.194 e. The molecule has 0 amide bonds. The Hall–Kier alpha value is -0.990. The Kier molecular flexibility index (Phi) is 5.50. The summed E-state index contributed by atoms with van der Waals surface area (Å²) in [5.41, 5.74) is 0.305. The Morgan fingerprint density at radius 1 is 0.900 bits per heavy atom. The van der Waals surface area contributed by atoms with Crippen molar-refractivity contribution in [3.05, 3.63) is 35.1 Å². The van der Waals surface area contributed by atoms with Gasteiger partial charge in [-0.05, 0) is 36.3 Å². The van der Waals surface area contributed by atoms with Crippen molar-refractivity contribution in [2.24, 2.45) is 11.8 Å². The van der Waals surface area contributed by atoms with Crippen LogP contribution in [0.2, 0.25) is 0 Å². The van der Waals surface area contributed by atoms with Gasteiger partial charge in [0.05, 0.1) is 0 Å². The number of halogens is 3. The number of rotatable bonds is 5. The molecule has 1 aromatic rings. The predicted molar refractivity (Wildman–Crippen MR) is 75.0 cm³/mol. The van der Waals surface area contributed by atoms with Crippen LogP contribution in [0.25, 0.3) is 0 Å². The fraction of sp³-hybridized carbons (Fsp3) is 0.647. The molecule has 112 valence electrons. The number of hydrogen-bond acceptors (Lipinski definition) is 0. The normalized spacial score (nSPS) is 23.0. The van der Waals surface area contributed by atoms with Gasteiger partial charge in [-0.15, -0.1) is 0 Å². The quantitative estimate of drug-likeness (QED) is 0.613. The first kappa shape index (κ1) is 15.4. The van der Waals surface area contributed by atoms with Crippen LogP contribution in [-0.4, -0.2) is 0 Å². The van der Waals surface area contributed by atoms with Gasteiger partial charge in [0.2, 0.25) is 0 Å². The van der Waals surface area contributed by atoms with Crippen LogP contribution < -0.4 is 0 Å². The van der Waals surface area contributed by atoms with Crippen LogP contribution in [0.4, 0.5) is 13.2 Å². The van der Waals surface area contributed by atoms with Crippen LogP contribution in [0.15, 0.2) is 12.1 Å². The summed E-state index contributed by atoms with van der Waals surface area (Å²) in [6, 6.07) is 2.39. The fourth-order valence-corrected chi connectivity index (χ4v) is 3.34. The number of aryl methyl sites for hydroxylation is 1. The SMILES string of the molecule is CCC[C@H]1CC[C@H](CCc2ccc(F)c(F)c2F)CC1. The van der Waals surface area contributed by atoms with Crippen molar-refractivity contribution in [1.82, 2.24) is 0 Å². The van der Waals surface area contributed by atoms with Crippen LogP contribution >= 0.6 is 0 Å². The van der Waals surface area contributed by atoms with Crippen molar-refractivity contribution in [1.29, 1.82) is 0 Å². The van der Waals surface area contributed by atoms with E-state index in [4.69, 9.17) is 0 Å². The van der Waals surface area contributed by atoms with E-state index in [1.54, 1.807) is 0 Å². The molecule has 0 bridgehead atoms. The van der Waals surface area contributed by atoms with E-state index in [0.717, 1.165) is 18.4 Å². The summed E-state index contributed by atoms with van der Waals surface area (Å²) in [5.74, 6) is -1.99. The molecule has 1 aliphatic carbocycles. The summed E-state index contributed by atoms with van der Waals surface area (Å²) in [7, 11) is 0. The van der Waals surface area contributed by atoms with Gasteiger partial charge in [0.15, 0.2) is 17.5 Å². The minimum atomic E-state index is -1.34. The van der Waals surface area contributed by atoms with Gasteiger partial charge < -0.3 is 0 Å². The molecule has 0 radical (unpaired) electrons. The lowest BCUT2D eigenvalue weighted by molar-refractivity contribution is 0.251. The molecule has 1 aliphatic rings. The summed E-state index contributed by atoms with van der Waals surface area (Å²) in [6.45, 7) is 2.22. The largest absolute Gasteiger partial charge is 0.204 e. The van der Waals surface area contributed by atoms with Gasteiger partial charge in [-0.2, -0.15) is 0 Å². The molecule has 0 heterocycles. The van der Waals surface area contributed by atoms with E-state index in [1.165, 1.54) is 44.6 Å². The summed E-state index contributed by atoms with van der Waals surface area (Å²) < 4.78 is 39.6. The van der Waals surface area contributed by atoms with E-state index in [0.29, 0.717) is 17.9 Å². The molecule has 0 aromatic heterocycles. The van der Waals surface area contributed by atoms with E-state index in [1.807, 2.05) is 0 Å². The molecule has 3 heteroatoms. The van der Waals surface area contributed by atoms with Crippen molar-refractivity contribution in [2.45, 2.75) is 58.3 Å². The van der Waals surface area contributed by atoms with Gasteiger partial charge in [0.1, 0.15) is 0 Å². The second-order valence-electron chi connectivity index (χ2n) is 6.05. The van der Waals surface area contributed by atoms with Crippen molar-refractivity contribution in [2.75, 3.05) is 0 Å². The Bertz CT molecular complexity index is 434. The Morgan fingerprint density at radius 2 is 1.50 bits per heavy atom. The van der Waals surface area contributed by atoms with Gasteiger partial charge in [0.25, 0.3) is 0 Å². The van der Waals surface area contributed by atoms with E-state index in [-0.39, 0.29) is 0 Å². The minimum absolute atomic E-state index is 0.305. The predicted octanol–water partition coefficient (Wildman–Crippen LogP) is 5.64. The average molecular weight is 284 g/mol. The molecule has 0 atom stereocenters. The highest BCUT2D eigenvalue weighted by Gasteiger charge is 2.21. The molecule has 0 spiro atoms. The fourth-order valence-electron chi connectivity index (χ4n) is 3.34. The highest BCUT2D eigenvalue weighted by atomic mass is 19.2. The first-order chi connectivity index (χ1) is 9.61. The van der Waals surface area contributed by atoms with Crippen LogP contribution in [0.1, 0.15) is 57.4 Å². The van der Waals surface area contributed by atoms with E-state index in [9.17, 15) is 13.2 Å². The minimum Gasteiger partial charge on any atom is -0.204 e. The molecule has 1 fully saturated rings. The summed E-state index contributed by atoms with van der Waals surface area (Å²) in [6.07, 6.45) is 8.84. The Morgan fingerprint density at radius 3 is 2.10 bits per heavy atom. The maximum absolute atomic E-state index is 13.6. The molecule has 1 aromatic carbocycles. The third-order valence-corrected chi connectivity index (χ3v) is 4.60. The van der Waals surface area contributed by atoms with Crippen molar-refractivity contribution < 1.29 is 13.2 Å². The average Bonchev–Trinajstić information content (AvgIpc) is 2.46. The molecular formula is C17H23F3. The Labute approximate surface area is 119 Å². The smallest absolute Gasteiger partial charge is 0.194 e. The number of benzene rings is 1. The van der Waals surface area contributed by atoms with Crippen LogP contribution in [0.5, 0.6) is 0 Å². The summed E-state index contributed by atoms with van der Waals surface area (Å²) in [4.78, 5) is 0. The zero-order valence-corrected chi connectivity index (χ0v) is 12.1. The van der Waals surface area contributed by atoms with Crippen molar-refractivity contribution >= 4 is 0 Å². The second kappa shape index (κ2) is 7.14. The lowest BCUT2D eigenvalue weighted by Gasteiger charge is -2.28. The van der Waals surface area contributed by atoms with E-state index < -0.39 is 17.5 Å². The summed E-state index contributed by atoms with van der Waals surface area (Å²) >= 11 is 0. The van der Waals surface area contributed by atoms with Crippen LogP contribution in [0.3, 0.4) is 0 Å². The van der Waals surface area contributed by atoms with Crippen molar-refractivity contribution in [3.8, 4) is 0 Å². The molecule has 20 heavy (non-hydrogen) atoms. The van der Waals surface area contributed by atoms with Gasteiger partial charge in [-0.1, -0.05) is 51.5 Å². The van der Waals surface area contributed by atoms with Crippen LogP contribution in [0, 0.1) is 29.3 Å². The highest BCUT2D eigenvalue weighted by molar-refractivity contribution is 5.20. The zero-order valence-electron chi connectivity index (χ0n) is 12.1. The monoisotopic (exact) mass is 284 g/mol. The lowest BCUT2D eigenvalue weighted by Crippen LogP contribution is -2.15. The maximum atomic E-state index is 13.6. The molecule has 2 rings (SSSR count). The molecule has 0 saturated heterocycles. The van der Waals surface area contributed by atoms with Gasteiger partial charge >= 0.3 is 0 Å². The standard InChI is InChI=1S/C17H23F3/c1-2-3-12-4-6-13(7-5-12)8-9-14-10-11-15(18)17(20)16(14)19/h10-13H,2-9H2,1H3/t12-,13-. The molecule has 0 N–H and O–H groups in total. The number of hydrogen-bond donors (Lipinski definition) is 0. The van der Waals surface area contributed by atoms with Gasteiger partial charge in [-0.3, -0.25) is 0 Å². The van der Waals surface area contributed by atoms with Gasteiger partial charge in [0, 0.05) is 0 Å². The highest BCUT2D eigenvalue weighted by Crippen LogP contribution is 2.34. The van der Waals surface area contributed by atoms with Gasteiger partial charge in [-0.25, -0.2) is 13.2 Å². The topological polar surface area (TPSA) is 0 Å². The Balaban J connectivity index is 1.83. The van der Waals surface area contributed by atoms with Crippen molar-refractivity contribution in [3.63, 3.8) is 0 Å². The molecular weight excluding hydrogens is 261 g/mol.